The number of halogens is 1. The normalized spacial score (nSPS) is 16.0. The van der Waals surface area contributed by atoms with E-state index >= 15 is 0 Å². The molecule has 1 aromatic heterocycles. The molecule has 0 saturated heterocycles. The maximum atomic E-state index is 13.4. The number of nitrogens with zero attached hydrogens (tertiary/aromatic N) is 2. The van der Waals surface area contributed by atoms with Crippen LogP contribution in [0.5, 0.6) is 5.75 Å². The van der Waals surface area contributed by atoms with Gasteiger partial charge in [0.15, 0.2) is 4.80 Å². The number of rotatable bonds is 4. The molecule has 2 aromatic carbocycles. The average molecular weight is 455 g/mol. The highest BCUT2D eigenvalue weighted by Crippen LogP contribution is 2.31. The Morgan fingerprint density at radius 3 is 2.42 bits per heavy atom. The van der Waals surface area contributed by atoms with Crippen molar-refractivity contribution in [2.75, 3.05) is 14.2 Å². The van der Waals surface area contributed by atoms with Gasteiger partial charge in [0.2, 0.25) is 0 Å². The number of methoxy groups -OCH3 is 2. The highest BCUT2D eigenvalue weighted by molar-refractivity contribution is 7.07. The van der Waals surface area contributed by atoms with Gasteiger partial charge in [-0.15, -0.1) is 0 Å². The van der Waals surface area contributed by atoms with Crippen molar-refractivity contribution >= 4 is 35.0 Å². The molecule has 1 aliphatic heterocycles. The summed E-state index contributed by atoms with van der Waals surface area (Å²) in [5, 5.41) is 0.622. The summed E-state index contributed by atoms with van der Waals surface area (Å²) in [5.41, 5.74) is 2.23. The van der Waals surface area contributed by atoms with Crippen LogP contribution in [0.15, 0.2) is 69.6 Å². The van der Waals surface area contributed by atoms with E-state index in [0.717, 1.165) is 11.1 Å². The maximum Gasteiger partial charge on any atom is 0.338 e. The lowest BCUT2D eigenvalue weighted by Gasteiger charge is -2.24. The molecule has 1 aliphatic rings. The maximum absolute atomic E-state index is 13.4. The first-order valence-electron chi connectivity index (χ1n) is 9.43. The third-order valence-electron chi connectivity index (χ3n) is 5.03. The Hall–Kier alpha value is -3.16. The number of thiazole rings is 1. The van der Waals surface area contributed by atoms with Crippen molar-refractivity contribution in [1.29, 1.82) is 0 Å². The third kappa shape index (κ3) is 3.94. The molecule has 0 amide bonds. The van der Waals surface area contributed by atoms with E-state index in [1.54, 1.807) is 48.9 Å². The molecular weight excluding hydrogens is 436 g/mol. The van der Waals surface area contributed by atoms with E-state index in [4.69, 9.17) is 21.1 Å². The molecule has 31 heavy (non-hydrogen) atoms. The van der Waals surface area contributed by atoms with Crippen molar-refractivity contribution in [2.45, 2.75) is 13.0 Å². The van der Waals surface area contributed by atoms with Crippen molar-refractivity contribution in [3.8, 4) is 5.75 Å². The van der Waals surface area contributed by atoms with Gasteiger partial charge in [-0.3, -0.25) is 9.36 Å². The Morgan fingerprint density at radius 2 is 1.81 bits per heavy atom. The van der Waals surface area contributed by atoms with Gasteiger partial charge in [0.25, 0.3) is 5.56 Å². The van der Waals surface area contributed by atoms with Gasteiger partial charge in [-0.25, -0.2) is 9.79 Å². The van der Waals surface area contributed by atoms with E-state index < -0.39 is 12.0 Å². The Kier molecular flexibility index (Phi) is 5.80. The number of ether oxygens (including phenoxy) is 2. The topological polar surface area (TPSA) is 69.9 Å². The Morgan fingerprint density at radius 1 is 1.13 bits per heavy atom. The first kappa shape index (κ1) is 21.1. The molecule has 8 heteroatoms. The van der Waals surface area contributed by atoms with E-state index in [1.165, 1.54) is 18.4 Å². The van der Waals surface area contributed by atoms with E-state index in [-0.39, 0.29) is 5.56 Å². The lowest BCUT2D eigenvalue weighted by atomic mass is 9.96. The summed E-state index contributed by atoms with van der Waals surface area (Å²) >= 11 is 7.24. The SMILES string of the molecule is COC(=O)C1=C(C)N=c2s/c(=C\c3ccc(Cl)cc3)c(=O)n2[C@H]1c1ccc(OC)cc1. The molecule has 158 valence electrons. The van der Waals surface area contributed by atoms with Crippen molar-refractivity contribution < 1.29 is 14.3 Å². The van der Waals surface area contributed by atoms with Gasteiger partial charge in [-0.2, -0.15) is 0 Å². The van der Waals surface area contributed by atoms with E-state index in [9.17, 15) is 9.59 Å². The molecule has 6 nitrogen and oxygen atoms in total. The number of benzene rings is 2. The highest BCUT2D eigenvalue weighted by Gasteiger charge is 2.33. The number of allylic oxidation sites excluding steroid dienone is 1. The molecule has 0 N–H and O–H groups in total. The molecule has 3 aromatic rings. The molecule has 0 saturated carbocycles. The molecule has 4 rings (SSSR count). The summed E-state index contributed by atoms with van der Waals surface area (Å²) in [6, 6.07) is 13.8. The number of carbonyl (C=O) groups excluding carboxylic acids is 1. The zero-order valence-corrected chi connectivity index (χ0v) is 18.7. The second-order valence-electron chi connectivity index (χ2n) is 6.90. The molecule has 0 spiro atoms. The number of fused-ring (bicyclic) bond motifs is 1. The first-order valence-corrected chi connectivity index (χ1v) is 10.6. The summed E-state index contributed by atoms with van der Waals surface area (Å²) in [6.07, 6.45) is 1.79. The van der Waals surface area contributed by atoms with Crippen molar-refractivity contribution in [2.24, 2.45) is 4.99 Å². The Labute approximate surface area is 187 Å². The molecule has 0 radical (unpaired) electrons. The summed E-state index contributed by atoms with van der Waals surface area (Å²) < 4.78 is 12.3. The van der Waals surface area contributed by atoms with Gasteiger partial charge in [-0.1, -0.05) is 47.2 Å². The van der Waals surface area contributed by atoms with Crippen LogP contribution >= 0.6 is 22.9 Å². The quantitative estimate of drug-likeness (QED) is 0.568. The molecule has 0 bridgehead atoms. The van der Waals surface area contributed by atoms with Crippen molar-refractivity contribution in [3.05, 3.63) is 95.6 Å². The van der Waals surface area contributed by atoms with Crippen LogP contribution in [0.4, 0.5) is 0 Å². The van der Waals surface area contributed by atoms with Crippen molar-refractivity contribution in [3.63, 3.8) is 0 Å². The highest BCUT2D eigenvalue weighted by atomic mass is 35.5. The van der Waals surface area contributed by atoms with E-state index in [0.29, 0.717) is 31.4 Å². The van der Waals surface area contributed by atoms with Crippen LogP contribution in [0.2, 0.25) is 5.02 Å². The smallest absolute Gasteiger partial charge is 0.338 e. The van der Waals surface area contributed by atoms with Crippen LogP contribution in [0, 0.1) is 0 Å². The molecule has 0 fully saturated rings. The summed E-state index contributed by atoms with van der Waals surface area (Å²) in [7, 11) is 2.90. The Bertz CT molecular complexity index is 1350. The minimum Gasteiger partial charge on any atom is -0.497 e. The first-order chi connectivity index (χ1) is 14.9. The second-order valence-corrected chi connectivity index (χ2v) is 8.34. The summed E-state index contributed by atoms with van der Waals surface area (Å²) in [5.74, 6) is 0.160. The minimum absolute atomic E-state index is 0.228. The van der Waals surface area contributed by atoms with Gasteiger partial charge in [-0.05, 0) is 48.4 Å². The lowest BCUT2D eigenvalue weighted by Crippen LogP contribution is -2.39. The zero-order chi connectivity index (χ0) is 22.1. The monoisotopic (exact) mass is 454 g/mol. The fraction of sp³-hybridized carbons (Fsp3) is 0.174. The number of esters is 1. The molecular formula is C23H19ClN2O4S. The van der Waals surface area contributed by atoms with Crippen LogP contribution < -0.4 is 19.6 Å². The number of carbonyl (C=O) groups is 1. The van der Waals surface area contributed by atoms with Crippen LogP contribution in [0.1, 0.15) is 24.1 Å². The predicted molar refractivity (Wildman–Crippen MR) is 120 cm³/mol. The van der Waals surface area contributed by atoms with E-state index in [1.807, 2.05) is 24.3 Å². The van der Waals surface area contributed by atoms with Crippen molar-refractivity contribution in [1.82, 2.24) is 4.57 Å². The molecule has 0 unspecified atom stereocenters. The lowest BCUT2D eigenvalue weighted by molar-refractivity contribution is -0.136. The fourth-order valence-electron chi connectivity index (χ4n) is 3.50. The average Bonchev–Trinajstić information content (AvgIpc) is 3.08. The van der Waals surface area contributed by atoms with Crippen LogP contribution in [0.3, 0.4) is 0 Å². The van der Waals surface area contributed by atoms with E-state index in [2.05, 4.69) is 4.99 Å². The zero-order valence-electron chi connectivity index (χ0n) is 17.1. The predicted octanol–water partition coefficient (Wildman–Crippen LogP) is 3.07. The van der Waals surface area contributed by atoms with Crippen LogP contribution in [0.25, 0.3) is 6.08 Å². The van der Waals surface area contributed by atoms with Gasteiger partial charge in [0.05, 0.1) is 36.1 Å². The number of hydrogen-bond donors (Lipinski definition) is 0. The largest absolute Gasteiger partial charge is 0.497 e. The number of aromatic nitrogens is 1. The number of hydrogen-bond acceptors (Lipinski definition) is 6. The molecule has 1 atom stereocenters. The fourth-order valence-corrected chi connectivity index (χ4v) is 4.68. The van der Waals surface area contributed by atoms with Gasteiger partial charge < -0.3 is 9.47 Å². The van der Waals surface area contributed by atoms with Crippen LogP contribution in [-0.2, 0) is 9.53 Å². The second kappa shape index (κ2) is 8.53. The minimum atomic E-state index is -0.651. The summed E-state index contributed by atoms with van der Waals surface area (Å²) in [4.78, 5) is 31.1. The van der Waals surface area contributed by atoms with Crippen LogP contribution in [-0.4, -0.2) is 24.8 Å². The standard InChI is InChI=1S/C23H19ClN2O4S/c1-13-19(22(28)30-3)20(15-6-10-17(29-2)11-7-15)26-21(27)18(31-23(26)25-13)12-14-4-8-16(24)9-5-14/h4-12,20H,1-3H3/b18-12-/t20-/m0/s1. The summed E-state index contributed by atoms with van der Waals surface area (Å²) in [6.45, 7) is 1.75. The Balaban J connectivity index is 1.94. The molecule has 2 heterocycles. The van der Waals surface area contributed by atoms with Gasteiger partial charge >= 0.3 is 5.97 Å². The molecule has 0 aliphatic carbocycles. The van der Waals surface area contributed by atoms with Gasteiger partial charge in [0, 0.05) is 5.02 Å². The third-order valence-corrected chi connectivity index (χ3v) is 6.26. The van der Waals surface area contributed by atoms with Gasteiger partial charge in [0.1, 0.15) is 5.75 Å².